The molecule has 1 aliphatic carbocycles. The Morgan fingerprint density at radius 1 is 1.13 bits per heavy atom. The maximum absolute atomic E-state index is 4.39. The van der Waals surface area contributed by atoms with Crippen LogP contribution in [0.5, 0.6) is 0 Å². The molecule has 2 heterocycles. The summed E-state index contributed by atoms with van der Waals surface area (Å²) in [5.74, 6) is 0.804. The minimum atomic E-state index is 0.804. The summed E-state index contributed by atoms with van der Waals surface area (Å²) < 4.78 is 0. The van der Waals surface area contributed by atoms with E-state index in [0.29, 0.717) is 0 Å². The summed E-state index contributed by atoms with van der Waals surface area (Å²) in [5.41, 5.74) is 5.62. The molecule has 0 aliphatic heterocycles. The fourth-order valence-corrected chi connectivity index (χ4v) is 4.10. The predicted molar refractivity (Wildman–Crippen MR) is 97.0 cm³/mol. The average Bonchev–Trinajstić information content (AvgIpc) is 3.16. The molecule has 3 aromatic rings. The molecule has 0 fully saturated rings. The number of benzene rings is 1. The Labute approximate surface area is 138 Å². The summed E-state index contributed by atoms with van der Waals surface area (Å²) >= 11 is 1.78. The van der Waals surface area contributed by atoms with Gasteiger partial charge in [-0.2, -0.15) is 5.10 Å². The Morgan fingerprint density at radius 2 is 2.04 bits per heavy atom. The second-order valence-electron chi connectivity index (χ2n) is 5.42. The molecule has 0 saturated carbocycles. The quantitative estimate of drug-likeness (QED) is 0.576. The molecule has 0 bridgehead atoms. The zero-order valence-corrected chi connectivity index (χ0v) is 13.4. The van der Waals surface area contributed by atoms with Crippen LogP contribution in [0.3, 0.4) is 0 Å². The van der Waals surface area contributed by atoms with Gasteiger partial charge in [-0.15, -0.1) is 11.3 Å². The molecule has 0 atom stereocenters. The van der Waals surface area contributed by atoms with E-state index in [4.69, 9.17) is 0 Å². The second-order valence-corrected chi connectivity index (χ2v) is 6.50. The van der Waals surface area contributed by atoms with Gasteiger partial charge in [-0.3, -0.25) is 5.43 Å². The SMILES string of the molecule is C(/C=C/c1ccccc1)=N/Nc1ncnc2sc3c(c12)CCC3. The normalized spacial score (nSPS) is 14.1. The van der Waals surface area contributed by atoms with Crippen molar-refractivity contribution in [2.24, 2.45) is 5.10 Å². The fourth-order valence-electron chi connectivity index (χ4n) is 2.87. The van der Waals surface area contributed by atoms with Gasteiger partial charge in [0.2, 0.25) is 0 Å². The zero-order valence-electron chi connectivity index (χ0n) is 12.6. The van der Waals surface area contributed by atoms with E-state index in [1.54, 1.807) is 23.9 Å². The van der Waals surface area contributed by atoms with Crippen LogP contribution in [0.15, 0.2) is 47.8 Å². The van der Waals surface area contributed by atoms with Crippen LogP contribution >= 0.6 is 11.3 Å². The molecule has 114 valence electrons. The number of rotatable bonds is 4. The summed E-state index contributed by atoms with van der Waals surface area (Å²) in [4.78, 5) is 11.3. The van der Waals surface area contributed by atoms with Crippen LogP contribution in [0.4, 0.5) is 5.82 Å². The lowest BCUT2D eigenvalue weighted by Gasteiger charge is -2.01. The van der Waals surface area contributed by atoms with Crippen molar-refractivity contribution in [3.63, 3.8) is 0 Å². The van der Waals surface area contributed by atoms with Crippen LogP contribution in [0.2, 0.25) is 0 Å². The van der Waals surface area contributed by atoms with Crippen LogP contribution in [0.25, 0.3) is 16.3 Å². The van der Waals surface area contributed by atoms with E-state index in [1.807, 2.05) is 30.4 Å². The van der Waals surface area contributed by atoms with Crippen molar-refractivity contribution in [2.45, 2.75) is 19.3 Å². The summed E-state index contributed by atoms with van der Waals surface area (Å²) in [7, 11) is 0. The lowest BCUT2D eigenvalue weighted by atomic mass is 10.2. The Kier molecular flexibility index (Phi) is 3.86. The van der Waals surface area contributed by atoms with Crippen molar-refractivity contribution < 1.29 is 0 Å². The van der Waals surface area contributed by atoms with Crippen LogP contribution in [0.1, 0.15) is 22.4 Å². The number of aromatic nitrogens is 2. The molecule has 0 radical (unpaired) electrons. The van der Waals surface area contributed by atoms with Gasteiger partial charge in [0.05, 0.1) is 5.39 Å². The van der Waals surface area contributed by atoms with Crippen molar-refractivity contribution in [3.8, 4) is 0 Å². The van der Waals surface area contributed by atoms with Gasteiger partial charge in [-0.05, 0) is 36.5 Å². The smallest absolute Gasteiger partial charge is 0.158 e. The number of nitrogens with zero attached hydrogens (tertiary/aromatic N) is 3. The Hall–Kier alpha value is -2.53. The Balaban J connectivity index is 1.52. The molecule has 0 unspecified atom stereocenters. The third-order valence-corrected chi connectivity index (χ3v) is 5.12. The molecular formula is C18H16N4S. The first-order chi connectivity index (χ1) is 11.4. The highest BCUT2D eigenvalue weighted by Crippen LogP contribution is 2.38. The topological polar surface area (TPSA) is 50.2 Å². The lowest BCUT2D eigenvalue weighted by Crippen LogP contribution is -1.95. The molecule has 4 rings (SSSR count). The average molecular weight is 320 g/mol. The molecule has 0 amide bonds. The van der Waals surface area contributed by atoms with Gasteiger partial charge in [0.1, 0.15) is 11.2 Å². The molecule has 1 aromatic carbocycles. The number of aryl methyl sites for hydroxylation is 2. The number of nitrogens with one attached hydrogen (secondary N) is 1. The first-order valence-electron chi connectivity index (χ1n) is 7.68. The van der Waals surface area contributed by atoms with Gasteiger partial charge in [0, 0.05) is 11.1 Å². The van der Waals surface area contributed by atoms with Gasteiger partial charge in [0.15, 0.2) is 5.82 Å². The van der Waals surface area contributed by atoms with E-state index in [9.17, 15) is 0 Å². The van der Waals surface area contributed by atoms with Crippen LogP contribution in [0, 0.1) is 0 Å². The number of hydrogen-bond donors (Lipinski definition) is 1. The van der Waals surface area contributed by atoms with Crippen molar-refractivity contribution in [3.05, 3.63) is 58.7 Å². The summed E-state index contributed by atoms with van der Waals surface area (Å²) in [6.07, 6.45) is 10.8. The molecule has 0 saturated heterocycles. The zero-order chi connectivity index (χ0) is 15.5. The summed E-state index contributed by atoms with van der Waals surface area (Å²) in [6.45, 7) is 0. The number of allylic oxidation sites excluding steroid dienone is 1. The van der Waals surface area contributed by atoms with E-state index in [1.165, 1.54) is 23.3 Å². The second kappa shape index (κ2) is 6.30. The highest BCUT2D eigenvalue weighted by Gasteiger charge is 2.20. The predicted octanol–water partition coefficient (Wildman–Crippen LogP) is 4.29. The van der Waals surface area contributed by atoms with E-state index in [2.05, 4.69) is 32.6 Å². The van der Waals surface area contributed by atoms with Gasteiger partial charge < -0.3 is 0 Å². The maximum Gasteiger partial charge on any atom is 0.158 e. The molecular weight excluding hydrogens is 304 g/mol. The number of hydrogen-bond acceptors (Lipinski definition) is 5. The number of fused-ring (bicyclic) bond motifs is 3. The van der Waals surface area contributed by atoms with Crippen LogP contribution in [-0.2, 0) is 12.8 Å². The van der Waals surface area contributed by atoms with Gasteiger partial charge >= 0.3 is 0 Å². The molecule has 0 spiro atoms. The first-order valence-corrected chi connectivity index (χ1v) is 8.49. The van der Waals surface area contributed by atoms with Gasteiger partial charge in [-0.1, -0.05) is 36.4 Å². The molecule has 1 N–H and O–H groups in total. The minimum Gasteiger partial charge on any atom is -0.261 e. The highest BCUT2D eigenvalue weighted by molar-refractivity contribution is 7.19. The molecule has 23 heavy (non-hydrogen) atoms. The summed E-state index contributed by atoms with van der Waals surface area (Å²) in [5, 5.41) is 5.41. The number of hydrazone groups is 1. The molecule has 2 aromatic heterocycles. The molecule has 5 heteroatoms. The van der Waals surface area contributed by atoms with E-state index in [0.717, 1.165) is 28.0 Å². The Morgan fingerprint density at radius 3 is 2.96 bits per heavy atom. The van der Waals surface area contributed by atoms with Crippen LogP contribution < -0.4 is 5.43 Å². The minimum absolute atomic E-state index is 0.804. The van der Waals surface area contributed by atoms with Crippen molar-refractivity contribution in [1.29, 1.82) is 0 Å². The van der Waals surface area contributed by atoms with Gasteiger partial charge in [-0.25, -0.2) is 9.97 Å². The maximum atomic E-state index is 4.39. The van der Waals surface area contributed by atoms with Crippen molar-refractivity contribution in [1.82, 2.24) is 9.97 Å². The molecule has 1 aliphatic rings. The van der Waals surface area contributed by atoms with E-state index < -0.39 is 0 Å². The van der Waals surface area contributed by atoms with Gasteiger partial charge in [0.25, 0.3) is 0 Å². The fraction of sp³-hybridized carbons (Fsp3) is 0.167. The molecule has 4 nitrogen and oxygen atoms in total. The number of anilines is 1. The summed E-state index contributed by atoms with van der Waals surface area (Å²) in [6, 6.07) is 10.2. The highest BCUT2D eigenvalue weighted by atomic mass is 32.1. The first kappa shape index (κ1) is 14.1. The van der Waals surface area contributed by atoms with E-state index in [-0.39, 0.29) is 0 Å². The van der Waals surface area contributed by atoms with Crippen molar-refractivity contribution in [2.75, 3.05) is 5.43 Å². The Bertz CT molecular complexity index is 881. The largest absolute Gasteiger partial charge is 0.261 e. The van der Waals surface area contributed by atoms with Crippen molar-refractivity contribution >= 4 is 39.7 Å². The number of thiophene rings is 1. The van der Waals surface area contributed by atoms with Crippen LogP contribution in [-0.4, -0.2) is 16.2 Å². The third-order valence-electron chi connectivity index (χ3n) is 3.92. The van der Waals surface area contributed by atoms with E-state index >= 15 is 0 Å². The standard InChI is InChI=1S/C18H16N4S/c1-2-6-13(7-3-1)8-5-11-21-22-17-16-14-9-4-10-15(14)23-18(16)20-12-19-17/h1-3,5-8,11-12H,4,9-10H2,(H,19,20,22)/b8-5+,21-11-. The third kappa shape index (κ3) is 2.87. The monoisotopic (exact) mass is 320 g/mol. The lowest BCUT2D eigenvalue weighted by molar-refractivity contribution is 0.917.